The minimum absolute atomic E-state index is 0.106. The third-order valence-electron chi connectivity index (χ3n) is 5.22. The van der Waals surface area contributed by atoms with Crippen LogP contribution in [0.4, 0.5) is 0 Å². The molecule has 1 aliphatic carbocycles. The molecule has 1 N–H and O–H groups in total. The molecule has 2 fully saturated rings. The Morgan fingerprint density at radius 3 is 2.43 bits per heavy atom. The lowest BCUT2D eigenvalue weighted by molar-refractivity contribution is -0.141. The Morgan fingerprint density at radius 2 is 1.83 bits per heavy atom. The van der Waals surface area contributed by atoms with Crippen LogP contribution in [-0.2, 0) is 9.59 Å². The van der Waals surface area contributed by atoms with Gasteiger partial charge in [-0.2, -0.15) is 0 Å². The van der Waals surface area contributed by atoms with Crippen LogP contribution in [0.5, 0.6) is 5.75 Å². The molecule has 1 aliphatic heterocycles. The standard InChI is InChI=1S/C18H23NO4/c1-23-16-6-4-12(5-7-16)15-8-9-19(11-15)17(20)13-2-3-14(10-13)18(21)22/h4-7,13-15H,2-3,8-11H2,1H3,(H,21,22)/t13-,14+,15?/m1/s1. The van der Waals surface area contributed by atoms with E-state index in [0.29, 0.717) is 25.2 Å². The highest BCUT2D eigenvalue weighted by Crippen LogP contribution is 2.35. The summed E-state index contributed by atoms with van der Waals surface area (Å²) in [5.41, 5.74) is 1.23. The summed E-state index contributed by atoms with van der Waals surface area (Å²) in [4.78, 5) is 25.6. The van der Waals surface area contributed by atoms with Crippen molar-refractivity contribution >= 4 is 11.9 Å². The fourth-order valence-corrected chi connectivity index (χ4v) is 3.80. The Kier molecular flexibility index (Phi) is 4.55. The molecule has 3 rings (SSSR count). The molecule has 0 bridgehead atoms. The number of hydrogen-bond donors (Lipinski definition) is 1. The van der Waals surface area contributed by atoms with Gasteiger partial charge in [0.05, 0.1) is 13.0 Å². The van der Waals surface area contributed by atoms with E-state index in [1.807, 2.05) is 17.0 Å². The molecule has 23 heavy (non-hydrogen) atoms. The number of hydrogen-bond acceptors (Lipinski definition) is 3. The third-order valence-corrected chi connectivity index (χ3v) is 5.22. The summed E-state index contributed by atoms with van der Waals surface area (Å²) in [6.07, 6.45) is 2.80. The van der Waals surface area contributed by atoms with E-state index in [4.69, 9.17) is 9.84 Å². The molecule has 3 atom stereocenters. The zero-order valence-corrected chi connectivity index (χ0v) is 13.4. The maximum atomic E-state index is 12.6. The quantitative estimate of drug-likeness (QED) is 0.926. The van der Waals surface area contributed by atoms with Gasteiger partial charge in [-0.25, -0.2) is 0 Å². The summed E-state index contributed by atoms with van der Waals surface area (Å²) >= 11 is 0. The van der Waals surface area contributed by atoms with Crippen molar-refractivity contribution in [2.45, 2.75) is 31.6 Å². The number of amides is 1. The van der Waals surface area contributed by atoms with Crippen molar-refractivity contribution in [3.8, 4) is 5.75 Å². The second kappa shape index (κ2) is 6.60. The Bertz CT molecular complexity index is 583. The minimum atomic E-state index is -0.766. The molecule has 1 amide bonds. The lowest BCUT2D eigenvalue weighted by Gasteiger charge is -2.20. The fourth-order valence-electron chi connectivity index (χ4n) is 3.80. The Morgan fingerprint density at radius 1 is 1.13 bits per heavy atom. The van der Waals surface area contributed by atoms with Crippen LogP contribution in [0.3, 0.4) is 0 Å². The molecule has 0 aromatic heterocycles. The van der Waals surface area contributed by atoms with Crippen molar-refractivity contribution in [2.75, 3.05) is 20.2 Å². The van der Waals surface area contributed by atoms with Gasteiger partial charge in [-0.1, -0.05) is 12.1 Å². The molecule has 5 nitrogen and oxygen atoms in total. The number of benzene rings is 1. The summed E-state index contributed by atoms with van der Waals surface area (Å²) < 4.78 is 5.18. The van der Waals surface area contributed by atoms with Crippen molar-refractivity contribution in [3.05, 3.63) is 29.8 Å². The van der Waals surface area contributed by atoms with Gasteiger partial charge in [-0.3, -0.25) is 9.59 Å². The molecule has 1 saturated heterocycles. The molecular formula is C18H23NO4. The van der Waals surface area contributed by atoms with Crippen molar-refractivity contribution in [1.29, 1.82) is 0 Å². The van der Waals surface area contributed by atoms with E-state index in [1.54, 1.807) is 7.11 Å². The number of ether oxygens (including phenoxy) is 1. The normalized spacial score (nSPS) is 27.2. The zero-order valence-electron chi connectivity index (χ0n) is 13.4. The number of methoxy groups -OCH3 is 1. The van der Waals surface area contributed by atoms with Crippen LogP contribution < -0.4 is 4.74 Å². The van der Waals surface area contributed by atoms with Crippen LogP contribution in [-0.4, -0.2) is 42.1 Å². The van der Waals surface area contributed by atoms with E-state index in [1.165, 1.54) is 5.56 Å². The largest absolute Gasteiger partial charge is 0.497 e. The first-order valence-corrected chi connectivity index (χ1v) is 8.24. The number of carbonyl (C=O) groups is 2. The van der Waals surface area contributed by atoms with Gasteiger partial charge in [0.15, 0.2) is 0 Å². The molecule has 1 saturated carbocycles. The van der Waals surface area contributed by atoms with E-state index >= 15 is 0 Å². The highest BCUT2D eigenvalue weighted by molar-refractivity contribution is 5.81. The number of nitrogens with zero attached hydrogens (tertiary/aromatic N) is 1. The number of likely N-dealkylation sites (tertiary alicyclic amines) is 1. The van der Waals surface area contributed by atoms with Crippen LogP contribution in [0.1, 0.15) is 37.2 Å². The predicted octanol–water partition coefficient (Wildman–Crippen LogP) is 2.51. The molecule has 5 heteroatoms. The van der Waals surface area contributed by atoms with Gasteiger partial charge >= 0.3 is 5.97 Å². The van der Waals surface area contributed by atoms with E-state index in [-0.39, 0.29) is 17.7 Å². The monoisotopic (exact) mass is 317 g/mol. The third kappa shape index (κ3) is 3.33. The van der Waals surface area contributed by atoms with Crippen LogP contribution >= 0.6 is 0 Å². The van der Waals surface area contributed by atoms with Gasteiger partial charge in [0.1, 0.15) is 5.75 Å². The Hall–Kier alpha value is -2.04. The predicted molar refractivity (Wildman–Crippen MR) is 85.4 cm³/mol. The van der Waals surface area contributed by atoms with Gasteiger partial charge in [0.25, 0.3) is 0 Å². The highest BCUT2D eigenvalue weighted by Gasteiger charge is 2.38. The van der Waals surface area contributed by atoms with Gasteiger partial charge in [-0.15, -0.1) is 0 Å². The van der Waals surface area contributed by atoms with Crippen LogP contribution in [0.2, 0.25) is 0 Å². The molecule has 1 heterocycles. The van der Waals surface area contributed by atoms with Gasteiger partial charge < -0.3 is 14.7 Å². The molecule has 1 aromatic rings. The lowest BCUT2D eigenvalue weighted by atomic mass is 9.98. The minimum Gasteiger partial charge on any atom is -0.497 e. The first kappa shape index (κ1) is 15.8. The van der Waals surface area contributed by atoms with E-state index < -0.39 is 5.97 Å². The second-order valence-electron chi connectivity index (χ2n) is 6.59. The topological polar surface area (TPSA) is 66.8 Å². The summed E-state index contributed by atoms with van der Waals surface area (Å²) in [7, 11) is 1.65. The molecule has 1 unspecified atom stereocenters. The molecule has 0 radical (unpaired) electrons. The molecule has 2 aliphatic rings. The zero-order chi connectivity index (χ0) is 16.4. The summed E-state index contributed by atoms with van der Waals surface area (Å²) in [6.45, 7) is 1.50. The van der Waals surface area contributed by atoms with Crippen LogP contribution in [0, 0.1) is 11.8 Å². The fraction of sp³-hybridized carbons (Fsp3) is 0.556. The molecule has 124 valence electrons. The number of rotatable bonds is 4. The highest BCUT2D eigenvalue weighted by atomic mass is 16.5. The smallest absolute Gasteiger partial charge is 0.306 e. The van der Waals surface area contributed by atoms with E-state index in [9.17, 15) is 9.59 Å². The van der Waals surface area contributed by atoms with E-state index in [2.05, 4.69) is 12.1 Å². The molecular weight excluding hydrogens is 294 g/mol. The Labute approximate surface area is 136 Å². The van der Waals surface area contributed by atoms with Crippen molar-refractivity contribution in [2.24, 2.45) is 11.8 Å². The van der Waals surface area contributed by atoms with Crippen molar-refractivity contribution < 1.29 is 19.4 Å². The summed E-state index contributed by atoms with van der Waals surface area (Å²) in [5, 5.41) is 9.08. The number of carbonyl (C=O) groups excluding carboxylic acids is 1. The summed E-state index contributed by atoms with van der Waals surface area (Å²) in [5.74, 6) is 0.129. The SMILES string of the molecule is COc1ccc(C2CCN(C(=O)[C@@H]3CC[C@H](C(=O)O)C3)C2)cc1. The number of aliphatic carboxylic acids is 1. The lowest BCUT2D eigenvalue weighted by Crippen LogP contribution is -2.33. The van der Waals surface area contributed by atoms with Gasteiger partial charge in [-0.05, 0) is 43.4 Å². The van der Waals surface area contributed by atoms with Crippen LogP contribution in [0.25, 0.3) is 0 Å². The average molecular weight is 317 g/mol. The van der Waals surface area contributed by atoms with Gasteiger partial charge in [0.2, 0.25) is 5.91 Å². The number of carboxylic acid groups (broad SMARTS) is 1. The maximum Gasteiger partial charge on any atom is 0.306 e. The maximum absolute atomic E-state index is 12.6. The van der Waals surface area contributed by atoms with Gasteiger partial charge in [0, 0.05) is 24.9 Å². The van der Waals surface area contributed by atoms with Crippen molar-refractivity contribution in [1.82, 2.24) is 4.90 Å². The summed E-state index contributed by atoms with van der Waals surface area (Å²) in [6, 6.07) is 8.03. The molecule has 1 aromatic carbocycles. The first-order chi connectivity index (χ1) is 11.1. The Balaban J connectivity index is 1.58. The van der Waals surface area contributed by atoms with Crippen molar-refractivity contribution in [3.63, 3.8) is 0 Å². The number of carboxylic acids is 1. The average Bonchev–Trinajstić information content (AvgIpc) is 3.24. The van der Waals surface area contributed by atoms with E-state index in [0.717, 1.165) is 25.3 Å². The van der Waals surface area contributed by atoms with Crippen LogP contribution in [0.15, 0.2) is 24.3 Å². The second-order valence-corrected chi connectivity index (χ2v) is 6.59. The molecule has 0 spiro atoms. The first-order valence-electron chi connectivity index (χ1n) is 8.24.